The van der Waals surface area contributed by atoms with Crippen LogP contribution in [0.2, 0.25) is 0 Å². The molecule has 2 aromatic rings. The highest BCUT2D eigenvalue weighted by molar-refractivity contribution is 5.40. The van der Waals surface area contributed by atoms with Crippen LogP contribution in [0, 0.1) is 11.6 Å². The Kier molecular flexibility index (Phi) is 4.76. The highest BCUT2D eigenvalue weighted by Gasteiger charge is 2.21. The van der Waals surface area contributed by atoms with E-state index in [1.807, 2.05) is 18.2 Å². The number of halogens is 2. The molecular weight excluding hydrogens is 298 g/mol. The van der Waals surface area contributed by atoms with Crippen LogP contribution in [0.1, 0.15) is 18.4 Å². The minimum absolute atomic E-state index is 0.0351. The van der Waals surface area contributed by atoms with Crippen molar-refractivity contribution in [3.63, 3.8) is 0 Å². The molecule has 0 amide bonds. The van der Waals surface area contributed by atoms with Gasteiger partial charge in [0.25, 0.3) is 0 Å². The Morgan fingerprint density at radius 3 is 2.57 bits per heavy atom. The molecule has 0 spiro atoms. The molecule has 1 saturated heterocycles. The van der Waals surface area contributed by atoms with Gasteiger partial charge in [-0.05, 0) is 42.7 Å². The maximum atomic E-state index is 13.6. The van der Waals surface area contributed by atoms with E-state index in [0.717, 1.165) is 44.2 Å². The van der Waals surface area contributed by atoms with Crippen LogP contribution in [-0.4, -0.2) is 24.1 Å². The maximum Gasteiger partial charge on any atom is 0.167 e. The van der Waals surface area contributed by atoms with Crippen LogP contribution in [0.3, 0.4) is 0 Å². The number of anilines is 1. The first-order chi connectivity index (χ1) is 11.1. The van der Waals surface area contributed by atoms with Crippen molar-refractivity contribution in [2.24, 2.45) is 0 Å². The van der Waals surface area contributed by atoms with Crippen LogP contribution in [-0.2, 0) is 6.54 Å². The predicted molar refractivity (Wildman–Crippen MR) is 86.1 cm³/mol. The van der Waals surface area contributed by atoms with Crippen molar-refractivity contribution in [2.75, 3.05) is 18.8 Å². The quantitative estimate of drug-likeness (QED) is 0.876. The summed E-state index contributed by atoms with van der Waals surface area (Å²) in [5.74, 6) is -1.11. The molecule has 0 unspecified atom stereocenters. The van der Waals surface area contributed by atoms with Gasteiger partial charge < -0.3 is 10.5 Å². The van der Waals surface area contributed by atoms with E-state index in [-0.39, 0.29) is 11.9 Å². The van der Waals surface area contributed by atoms with E-state index in [4.69, 9.17) is 10.5 Å². The molecule has 5 heteroatoms. The number of piperidine rings is 1. The van der Waals surface area contributed by atoms with Crippen LogP contribution in [0.5, 0.6) is 5.75 Å². The molecule has 122 valence electrons. The van der Waals surface area contributed by atoms with Gasteiger partial charge in [0.1, 0.15) is 11.9 Å². The summed E-state index contributed by atoms with van der Waals surface area (Å²) in [5, 5.41) is 0. The topological polar surface area (TPSA) is 38.5 Å². The van der Waals surface area contributed by atoms with E-state index < -0.39 is 11.6 Å². The Hall–Kier alpha value is -2.14. The fourth-order valence-corrected chi connectivity index (χ4v) is 2.89. The van der Waals surface area contributed by atoms with E-state index in [9.17, 15) is 8.78 Å². The molecule has 1 fully saturated rings. The van der Waals surface area contributed by atoms with Crippen molar-refractivity contribution in [3.8, 4) is 5.75 Å². The monoisotopic (exact) mass is 318 g/mol. The number of ether oxygens (including phenoxy) is 1. The maximum absolute atomic E-state index is 13.6. The molecule has 2 N–H and O–H groups in total. The summed E-state index contributed by atoms with van der Waals surface area (Å²) in [6.07, 6.45) is 1.60. The van der Waals surface area contributed by atoms with Gasteiger partial charge in [0, 0.05) is 31.4 Å². The third-order valence-corrected chi connectivity index (χ3v) is 4.08. The van der Waals surface area contributed by atoms with Gasteiger partial charge in [0.2, 0.25) is 0 Å². The molecule has 2 aromatic carbocycles. The highest BCUT2D eigenvalue weighted by Crippen LogP contribution is 2.23. The van der Waals surface area contributed by atoms with Gasteiger partial charge in [-0.3, -0.25) is 4.90 Å². The first kappa shape index (κ1) is 15.7. The van der Waals surface area contributed by atoms with Crippen LogP contribution in [0.15, 0.2) is 42.5 Å². The van der Waals surface area contributed by atoms with Crippen molar-refractivity contribution in [2.45, 2.75) is 25.5 Å². The van der Waals surface area contributed by atoms with E-state index >= 15 is 0 Å². The Balaban J connectivity index is 1.52. The molecule has 3 rings (SSSR count). The number of hydrogen-bond acceptors (Lipinski definition) is 3. The Morgan fingerprint density at radius 2 is 1.87 bits per heavy atom. The first-order valence-corrected chi connectivity index (χ1v) is 7.78. The number of benzene rings is 2. The predicted octanol–water partition coefficient (Wildman–Crippen LogP) is 3.59. The summed E-state index contributed by atoms with van der Waals surface area (Å²) in [4.78, 5) is 2.33. The van der Waals surface area contributed by atoms with E-state index in [2.05, 4.69) is 11.0 Å². The Labute approximate surface area is 134 Å². The van der Waals surface area contributed by atoms with Crippen LogP contribution >= 0.6 is 0 Å². The average Bonchev–Trinajstić information content (AvgIpc) is 2.52. The summed E-state index contributed by atoms with van der Waals surface area (Å²) in [6, 6.07) is 11.3. The van der Waals surface area contributed by atoms with Gasteiger partial charge in [0.15, 0.2) is 11.6 Å². The van der Waals surface area contributed by atoms with Crippen LogP contribution in [0.4, 0.5) is 14.5 Å². The van der Waals surface area contributed by atoms with Crippen molar-refractivity contribution >= 4 is 5.69 Å². The first-order valence-electron chi connectivity index (χ1n) is 7.78. The molecule has 0 aromatic heterocycles. The van der Waals surface area contributed by atoms with Crippen LogP contribution in [0.25, 0.3) is 0 Å². The standard InChI is InChI=1S/C18H20F2N2O/c19-14-4-5-18(17(20)11-14)23-16-6-8-22(9-7-16)12-13-2-1-3-15(21)10-13/h1-5,10-11,16H,6-9,12,21H2. The SMILES string of the molecule is Nc1cccc(CN2CCC(Oc3ccc(F)cc3F)CC2)c1. The number of nitrogens with zero attached hydrogens (tertiary/aromatic N) is 1. The van der Waals surface area contributed by atoms with Gasteiger partial charge >= 0.3 is 0 Å². The molecule has 1 aliphatic rings. The molecule has 0 atom stereocenters. The molecule has 0 aliphatic carbocycles. The second-order valence-electron chi connectivity index (χ2n) is 5.91. The summed E-state index contributed by atoms with van der Waals surface area (Å²) in [5.41, 5.74) is 7.76. The number of hydrogen-bond donors (Lipinski definition) is 1. The van der Waals surface area contributed by atoms with Crippen molar-refractivity contribution in [1.29, 1.82) is 0 Å². The largest absolute Gasteiger partial charge is 0.487 e. The molecular formula is C18H20F2N2O. The fourth-order valence-electron chi connectivity index (χ4n) is 2.89. The lowest BCUT2D eigenvalue weighted by molar-refractivity contribution is 0.0934. The zero-order chi connectivity index (χ0) is 16.2. The lowest BCUT2D eigenvalue weighted by Crippen LogP contribution is -2.37. The fraction of sp³-hybridized carbons (Fsp3) is 0.333. The molecule has 0 saturated carbocycles. The summed E-state index contributed by atoms with van der Waals surface area (Å²) in [7, 11) is 0. The van der Waals surface area contributed by atoms with E-state index in [1.165, 1.54) is 17.7 Å². The van der Waals surface area contributed by atoms with Gasteiger partial charge in [-0.15, -0.1) is 0 Å². The van der Waals surface area contributed by atoms with E-state index in [1.54, 1.807) is 0 Å². The van der Waals surface area contributed by atoms with Crippen molar-refractivity contribution in [1.82, 2.24) is 4.90 Å². The van der Waals surface area contributed by atoms with Gasteiger partial charge in [-0.25, -0.2) is 8.78 Å². The van der Waals surface area contributed by atoms with Crippen molar-refractivity contribution in [3.05, 3.63) is 59.7 Å². The number of likely N-dealkylation sites (tertiary alicyclic amines) is 1. The van der Waals surface area contributed by atoms with Gasteiger partial charge in [-0.2, -0.15) is 0 Å². The summed E-state index contributed by atoms with van der Waals surface area (Å²) >= 11 is 0. The van der Waals surface area contributed by atoms with Gasteiger partial charge in [0.05, 0.1) is 0 Å². The second-order valence-corrected chi connectivity index (χ2v) is 5.91. The second kappa shape index (κ2) is 6.96. The number of nitrogen functional groups attached to an aromatic ring is 1. The van der Waals surface area contributed by atoms with E-state index in [0.29, 0.717) is 0 Å². The Bertz CT molecular complexity index is 670. The molecule has 0 bridgehead atoms. The molecule has 23 heavy (non-hydrogen) atoms. The third-order valence-electron chi connectivity index (χ3n) is 4.08. The lowest BCUT2D eigenvalue weighted by atomic mass is 10.1. The summed E-state index contributed by atoms with van der Waals surface area (Å²) in [6.45, 7) is 2.60. The zero-order valence-electron chi connectivity index (χ0n) is 12.8. The normalized spacial score (nSPS) is 16.4. The zero-order valence-corrected chi connectivity index (χ0v) is 12.8. The smallest absolute Gasteiger partial charge is 0.167 e. The third kappa shape index (κ3) is 4.20. The number of nitrogens with two attached hydrogens (primary N) is 1. The minimum Gasteiger partial charge on any atom is -0.487 e. The number of rotatable bonds is 4. The molecule has 0 radical (unpaired) electrons. The molecule has 1 heterocycles. The lowest BCUT2D eigenvalue weighted by Gasteiger charge is -2.32. The minimum atomic E-state index is -0.646. The molecule has 1 aliphatic heterocycles. The highest BCUT2D eigenvalue weighted by atomic mass is 19.1. The average molecular weight is 318 g/mol. The van der Waals surface area contributed by atoms with Crippen molar-refractivity contribution < 1.29 is 13.5 Å². The van der Waals surface area contributed by atoms with Gasteiger partial charge in [-0.1, -0.05) is 12.1 Å². The van der Waals surface area contributed by atoms with Crippen LogP contribution < -0.4 is 10.5 Å². The molecule has 3 nitrogen and oxygen atoms in total. The Morgan fingerprint density at radius 1 is 1.09 bits per heavy atom. The summed E-state index contributed by atoms with van der Waals surface area (Å²) < 4.78 is 32.2.